The van der Waals surface area contributed by atoms with Gasteiger partial charge in [-0.15, -0.1) is 0 Å². The second kappa shape index (κ2) is 20.4. The first kappa shape index (κ1) is 30.8. The van der Waals surface area contributed by atoms with Gasteiger partial charge in [-0.25, -0.2) is 0 Å². The Kier molecular flexibility index (Phi) is 19.7. The van der Waals surface area contributed by atoms with Crippen LogP contribution in [0.2, 0.25) is 0 Å². The van der Waals surface area contributed by atoms with Gasteiger partial charge in [-0.3, -0.25) is 4.79 Å². The number of allylic oxidation sites excluding steroid dienone is 1. The third-order valence-corrected chi connectivity index (χ3v) is 6.64. The molecule has 0 aliphatic rings. The number of carbonyl (C=O) groups is 2. The number of hydrogen-bond donors (Lipinski definition) is 2. The number of hydrogen-bond acceptors (Lipinski definition) is 3. The van der Waals surface area contributed by atoms with Crippen molar-refractivity contribution in [3.8, 4) is 0 Å². The summed E-state index contributed by atoms with van der Waals surface area (Å²) in [4.78, 5) is 22.9. The molecule has 0 unspecified atom stereocenters. The molecule has 1 atom stereocenters. The van der Waals surface area contributed by atoms with Crippen LogP contribution in [0.4, 0.5) is 0 Å². The highest BCUT2D eigenvalue weighted by Gasteiger charge is 2.36. The van der Waals surface area contributed by atoms with E-state index in [2.05, 4.69) is 26.0 Å². The first-order chi connectivity index (χ1) is 15.4. The molecule has 188 valence electrons. The largest absolute Gasteiger partial charge is 0.481 e. The fourth-order valence-corrected chi connectivity index (χ4v) is 4.40. The molecule has 0 saturated carbocycles. The number of aliphatic hydroxyl groups excluding tert-OH is 1. The lowest BCUT2D eigenvalue weighted by Crippen LogP contribution is -2.31. The van der Waals surface area contributed by atoms with E-state index in [9.17, 15) is 19.8 Å². The monoisotopic (exact) mass is 452 g/mol. The maximum absolute atomic E-state index is 12.0. The van der Waals surface area contributed by atoms with E-state index in [0.717, 1.165) is 116 Å². The summed E-state index contributed by atoms with van der Waals surface area (Å²) in [5, 5.41) is 19.9. The Morgan fingerprint density at radius 2 is 1.34 bits per heavy atom. The number of carboxylic acids is 1. The molecule has 32 heavy (non-hydrogen) atoms. The van der Waals surface area contributed by atoms with Gasteiger partial charge >= 0.3 is 5.97 Å². The predicted molar refractivity (Wildman–Crippen MR) is 135 cm³/mol. The molecular formula is C28H52O4. The molecule has 4 heteroatoms. The molecule has 0 radical (unpaired) electrons. The van der Waals surface area contributed by atoms with E-state index in [1.54, 1.807) is 6.92 Å². The zero-order valence-corrected chi connectivity index (χ0v) is 21.4. The third kappa shape index (κ3) is 16.5. The summed E-state index contributed by atoms with van der Waals surface area (Å²) >= 11 is 0. The van der Waals surface area contributed by atoms with Crippen LogP contribution in [0.15, 0.2) is 12.2 Å². The van der Waals surface area contributed by atoms with E-state index in [1.165, 1.54) is 0 Å². The van der Waals surface area contributed by atoms with Gasteiger partial charge in [-0.2, -0.15) is 0 Å². The summed E-state index contributed by atoms with van der Waals surface area (Å²) in [6, 6.07) is 0. The van der Waals surface area contributed by atoms with Crippen molar-refractivity contribution >= 4 is 11.8 Å². The molecule has 0 aliphatic heterocycles. The van der Waals surface area contributed by atoms with Crippen LogP contribution in [0, 0.1) is 5.41 Å². The first-order valence-electron chi connectivity index (χ1n) is 13.4. The van der Waals surface area contributed by atoms with Gasteiger partial charge in [0.2, 0.25) is 0 Å². The molecule has 0 saturated heterocycles. The number of aliphatic hydroxyl groups is 1. The predicted octanol–water partition coefficient (Wildman–Crippen LogP) is 8.02. The maximum atomic E-state index is 12.0. The molecule has 0 aromatic rings. The normalized spacial score (nSPS) is 13.0. The second-order valence-electron chi connectivity index (χ2n) is 9.76. The molecule has 0 rings (SSSR count). The van der Waals surface area contributed by atoms with Crippen LogP contribution in [-0.4, -0.2) is 28.1 Å². The summed E-state index contributed by atoms with van der Waals surface area (Å²) in [6.45, 7) is 5.92. The highest BCUT2D eigenvalue weighted by Crippen LogP contribution is 2.37. The van der Waals surface area contributed by atoms with Crippen molar-refractivity contribution in [1.29, 1.82) is 0 Å². The van der Waals surface area contributed by atoms with Crippen LogP contribution in [0.1, 0.15) is 143 Å². The van der Waals surface area contributed by atoms with Gasteiger partial charge in [0, 0.05) is 6.42 Å². The number of Topliss-reactive ketones (excluding diaryl/α,β-unsaturated/α-hetero) is 1. The molecule has 0 amide bonds. The average molecular weight is 453 g/mol. The van der Waals surface area contributed by atoms with E-state index in [1.807, 2.05) is 0 Å². The van der Waals surface area contributed by atoms with Crippen molar-refractivity contribution in [2.24, 2.45) is 5.41 Å². The first-order valence-corrected chi connectivity index (χ1v) is 13.4. The lowest BCUT2D eigenvalue weighted by atomic mass is 9.74. The number of carboxylic acid groups (broad SMARTS) is 1. The SMILES string of the molecule is CCCCC(CCCC)(CCCCCCC=CC[C@H](O)CCCCCCC(C)=O)C(=O)O. The van der Waals surface area contributed by atoms with Crippen LogP contribution < -0.4 is 0 Å². The minimum absolute atomic E-state index is 0.255. The Morgan fingerprint density at radius 3 is 1.94 bits per heavy atom. The Bertz CT molecular complexity index is 490. The van der Waals surface area contributed by atoms with Gasteiger partial charge in [-0.05, 0) is 58.3 Å². The lowest BCUT2D eigenvalue weighted by molar-refractivity contribution is -0.150. The quantitative estimate of drug-likeness (QED) is 0.122. The number of aliphatic carboxylic acids is 1. The molecular weight excluding hydrogens is 400 g/mol. The smallest absolute Gasteiger partial charge is 0.309 e. The summed E-state index contributed by atoms with van der Waals surface area (Å²) in [7, 11) is 0. The average Bonchev–Trinajstić information content (AvgIpc) is 2.76. The Morgan fingerprint density at radius 1 is 0.781 bits per heavy atom. The van der Waals surface area contributed by atoms with Crippen molar-refractivity contribution in [3.63, 3.8) is 0 Å². The third-order valence-electron chi connectivity index (χ3n) is 6.64. The fraction of sp³-hybridized carbons (Fsp3) is 0.857. The summed E-state index contributed by atoms with van der Waals surface area (Å²) in [5.74, 6) is -0.320. The Hall–Kier alpha value is -1.16. The second-order valence-corrected chi connectivity index (χ2v) is 9.76. The number of rotatable bonds is 23. The van der Waals surface area contributed by atoms with E-state index in [4.69, 9.17) is 0 Å². The molecule has 0 heterocycles. The fourth-order valence-electron chi connectivity index (χ4n) is 4.40. The minimum Gasteiger partial charge on any atom is -0.481 e. The van der Waals surface area contributed by atoms with E-state index in [-0.39, 0.29) is 11.9 Å². The molecule has 0 aromatic carbocycles. The van der Waals surface area contributed by atoms with Crippen molar-refractivity contribution in [1.82, 2.24) is 0 Å². The standard InChI is InChI=1S/C28H52O4/c1-4-6-22-28(27(31)32,23-7-5-2)24-18-14-10-8-9-11-16-20-26(30)21-17-13-12-15-19-25(3)29/h11,16,26,30H,4-10,12-15,17-24H2,1-3H3,(H,31,32)/t26-/m0/s1. The molecule has 4 nitrogen and oxygen atoms in total. The number of carbonyl (C=O) groups excluding carboxylic acids is 1. The number of ketones is 1. The summed E-state index contributed by atoms with van der Waals surface area (Å²) < 4.78 is 0. The molecule has 0 aliphatic carbocycles. The zero-order chi connectivity index (χ0) is 24.1. The van der Waals surface area contributed by atoms with E-state index >= 15 is 0 Å². The van der Waals surface area contributed by atoms with E-state index in [0.29, 0.717) is 6.42 Å². The molecule has 0 fully saturated rings. The van der Waals surface area contributed by atoms with Crippen LogP contribution >= 0.6 is 0 Å². The van der Waals surface area contributed by atoms with Crippen LogP contribution in [-0.2, 0) is 9.59 Å². The Labute approximate surface area is 198 Å². The van der Waals surface area contributed by atoms with Crippen molar-refractivity contribution in [3.05, 3.63) is 12.2 Å². The molecule has 0 aromatic heterocycles. The van der Waals surface area contributed by atoms with Crippen LogP contribution in [0.25, 0.3) is 0 Å². The molecule has 0 spiro atoms. The van der Waals surface area contributed by atoms with Crippen molar-refractivity contribution < 1.29 is 19.8 Å². The highest BCUT2D eigenvalue weighted by molar-refractivity contribution is 5.75. The van der Waals surface area contributed by atoms with Gasteiger partial charge in [0.25, 0.3) is 0 Å². The van der Waals surface area contributed by atoms with Crippen LogP contribution in [0.3, 0.4) is 0 Å². The zero-order valence-electron chi connectivity index (χ0n) is 21.4. The lowest BCUT2D eigenvalue weighted by Gasteiger charge is -2.29. The minimum atomic E-state index is -0.586. The number of unbranched alkanes of at least 4 members (excludes halogenated alkanes) is 9. The topological polar surface area (TPSA) is 74.6 Å². The van der Waals surface area contributed by atoms with Gasteiger partial charge in [0.1, 0.15) is 5.78 Å². The maximum Gasteiger partial charge on any atom is 0.309 e. The van der Waals surface area contributed by atoms with Crippen molar-refractivity contribution in [2.75, 3.05) is 0 Å². The molecule has 0 bridgehead atoms. The highest BCUT2D eigenvalue weighted by atomic mass is 16.4. The molecule has 2 N–H and O–H groups in total. The van der Waals surface area contributed by atoms with Gasteiger partial charge in [0.05, 0.1) is 11.5 Å². The summed E-state index contributed by atoms with van der Waals surface area (Å²) in [6.07, 6.45) is 22.5. The van der Waals surface area contributed by atoms with Gasteiger partial charge < -0.3 is 15.0 Å². The van der Waals surface area contributed by atoms with Gasteiger partial charge in [0.15, 0.2) is 0 Å². The van der Waals surface area contributed by atoms with Gasteiger partial charge in [-0.1, -0.05) is 90.2 Å². The van der Waals surface area contributed by atoms with Crippen molar-refractivity contribution in [2.45, 2.75) is 149 Å². The Balaban J connectivity index is 3.89. The van der Waals surface area contributed by atoms with E-state index < -0.39 is 11.4 Å². The summed E-state index contributed by atoms with van der Waals surface area (Å²) in [5.41, 5.74) is -0.504. The van der Waals surface area contributed by atoms with Crippen LogP contribution in [0.5, 0.6) is 0 Å².